The summed E-state index contributed by atoms with van der Waals surface area (Å²) in [4.78, 5) is 10.9. The van der Waals surface area contributed by atoms with Crippen LogP contribution in [-0.4, -0.2) is 18.2 Å². The summed E-state index contributed by atoms with van der Waals surface area (Å²) in [7, 11) is 1.19. The quantitative estimate of drug-likeness (QED) is 0.674. The summed E-state index contributed by atoms with van der Waals surface area (Å²) in [5.74, 6) is -1.55. The number of carbonyl (C=O) groups is 1. The van der Waals surface area contributed by atoms with Crippen LogP contribution in [0.15, 0.2) is 12.1 Å². The van der Waals surface area contributed by atoms with Gasteiger partial charge in [-0.3, -0.25) is 0 Å². The van der Waals surface area contributed by atoms with Crippen molar-refractivity contribution in [3.63, 3.8) is 0 Å². The fourth-order valence-electron chi connectivity index (χ4n) is 0.900. The Balaban J connectivity index is 3.20. The number of hydrogen-bond donors (Lipinski definition) is 1. The first-order valence-electron chi connectivity index (χ1n) is 3.63. The van der Waals surface area contributed by atoms with Crippen LogP contribution in [0, 0.1) is 12.7 Å². The van der Waals surface area contributed by atoms with Crippen molar-refractivity contribution in [3.05, 3.63) is 29.1 Å². The monoisotopic (exact) mass is 184 g/mol. The van der Waals surface area contributed by atoms with E-state index in [4.69, 9.17) is 0 Å². The predicted octanol–water partition coefficient (Wildman–Crippen LogP) is 1.63. The summed E-state index contributed by atoms with van der Waals surface area (Å²) >= 11 is 0. The lowest BCUT2D eigenvalue weighted by molar-refractivity contribution is 0.0599. The maximum Gasteiger partial charge on any atom is 0.338 e. The van der Waals surface area contributed by atoms with Crippen molar-refractivity contribution in [2.45, 2.75) is 6.92 Å². The van der Waals surface area contributed by atoms with Crippen molar-refractivity contribution in [1.82, 2.24) is 0 Å². The zero-order valence-electron chi connectivity index (χ0n) is 7.30. The van der Waals surface area contributed by atoms with Crippen LogP contribution in [0.5, 0.6) is 5.75 Å². The van der Waals surface area contributed by atoms with Crippen LogP contribution in [0.1, 0.15) is 15.9 Å². The number of halogens is 1. The second kappa shape index (κ2) is 3.43. The number of methoxy groups -OCH3 is 1. The van der Waals surface area contributed by atoms with Crippen molar-refractivity contribution in [2.75, 3.05) is 7.11 Å². The van der Waals surface area contributed by atoms with E-state index in [2.05, 4.69) is 4.74 Å². The maximum atomic E-state index is 13.0. The van der Waals surface area contributed by atoms with E-state index in [0.717, 1.165) is 6.07 Å². The number of phenols is 1. The highest BCUT2D eigenvalue weighted by atomic mass is 19.1. The summed E-state index contributed by atoms with van der Waals surface area (Å²) in [5.41, 5.74) is 0.121. The SMILES string of the molecule is COC(=O)c1cc(O)c(C)c(F)c1. The van der Waals surface area contributed by atoms with E-state index in [1.807, 2.05) is 0 Å². The Labute approximate surface area is 74.8 Å². The van der Waals surface area contributed by atoms with Gasteiger partial charge in [-0.2, -0.15) is 0 Å². The van der Waals surface area contributed by atoms with Gasteiger partial charge in [-0.25, -0.2) is 9.18 Å². The Bertz CT molecular complexity index is 324. The van der Waals surface area contributed by atoms with Gasteiger partial charge in [-0.15, -0.1) is 0 Å². The topological polar surface area (TPSA) is 46.5 Å². The first kappa shape index (κ1) is 9.51. The summed E-state index contributed by atoms with van der Waals surface area (Å²) in [6, 6.07) is 2.20. The normalized spacial score (nSPS) is 9.77. The Kier molecular flexibility index (Phi) is 2.51. The molecule has 0 saturated heterocycles. The summed E-state index contributed by atoms with van der Waals surface area (Å²) < 4.78 is 17.3. The largest absolute Gasteiger partial charge is 0.508 e. The molecule has 0 unspecified atom stereocenters. The molecule has 1 rings (SSSR count). The molecule has 1 N–H and O–H groups in total. The number of rotatable bonds is 1. The van der Waals surface area contributed by atoms with E-state index in [0.29, 0.717) is 0 Å². The van der Waals surface area contributed by atoms with Crippen molar-refractivity contribution in [1.29, 1.82) is 0 Å². The van der Waals surface area contributed by atoms with Crippen LogP contribution in [0.3, 0.4) is 0 Å². The highest BCUT2D eigenvalue weighted by molar-refractivity contribution is 5.89. The number of esters is 1. The average Bonchev–Trinajstić information content (AvgIpc) is 2.12. The maximum absolute atomic E-state index is 13.0. The molecule has 0 saturated carbocycles. The first-order chi connectivity index (χ1) is 6.06. The minimum absolute atomic E-state index is 0.00287. The molecule has 0 fully saturated rings. The van der Waals surface area contributed by atoms with Crippen LogP contribution >= 0.6 is 0 Å². The Morgan fingerprint density at radius 2 is 2.15 bits per heavy atom. The van der Waals surface area contributed by atoms with Crippen LogP contribution in [0.2, 0.25) is 0 Å². The number of benzene rings is 1. The van der Waals surface area contributed by atoms with E-state index in [1.165, 1.54) is 20.1 Å². The number of ether oxygens (including phenoxy) is 1. The molecule has 0 amide bonds. The zero-order chi connectivity index (χ0) is 10.0. The number of phenolic OH excluding ortho intramolecular Hbond substituents is 1. The van der Waals surface area contributed by atoms with Gasteiger partial charge in [0, 0.05) is 5.56 Å². The van der Waals surface area contributed by atoms with E-state index >= 15 is 0 Å². The lowest BCUT2D eigenvalue weighted by Gasteiger charge is -2.03. The molecule has 0 aliphatic rings. The fraction of sp³-hybridized carbons (Fsp3) is 0.222. The van der Waals surface area contributed by atoms with Gasteiger partial charge in [0.15, 0.2) is 0 Å². The third-order valence-corrected chi connectivity index (χ3v) is 1.74. The highest BCUT2D eigenvalue weighted by Crippen LogP contribution is 2.21. The molecule has 1 aromatic rings. The van der Waals surface area contributed by atoms with Gasteiger partial charge in [0.2, 0.25) is 0 Å². The summed E-state index contributed by atoms with van der Waals surface area (Å²) in [5, 5.41) is 9.18. The van der Waals surface area contributed by atoms with Crippen LogP contribution in [0.4, 0.5) is 4.39 Å². The lowest BCUT2D eigenvalue weighted by atomic mass is 10.1. The molecule has 0 radical (unpaired) electrons. The standard InChI is InChI=1S/C9H9FO3/c1-5-7(10)3-6(4-8(5)11)9(12)13-2/h3-4,11H,1-2H3. The molecule has 13 heavy (non-hydrogen) atoms. The molecular formula is C9H9FO3. The molecule has 0 bridgehead atoms. The molecule has 3 nitrogen and oxygen atoms in total. The Hall–Kier alpha value is -1.58. The number of hydrogen-bond acceptors (Lipinski definition) is 3. The minimum Gasteiger partial charge on any atom is -0.508 e. The van der Waals surface area contributed by atoms with Gasteiger partial charge in [0.05, 0.1) is 12.7 Å². The van der Waals surface area contributed by atoms with Crippen molar-refractivity contribution < 1.29 is 19.0 Å². The molecule has 1 aromatic carbocycles. The number of carbonyl (C=O) groups excluding carboxylic acids is 1. The van der Waals surface area contributed by atoms with Gasteiger partial charge < -0.3 is 9.84 Å². The van der Waals surface area contributed by atoms with Gasteiger partial charge >= 0.3 is 5.97 Å². The lowest BCUT2D eigenvalue weighted by Crippen LogP contribution is -2.02. The van der Waals surface area contributed by atoms with Crippen molar-refractivity contribution >= 4 is 5.97 Å². The highest BCUT2D eigenvalue weighted by Gasteiger charge is 2.11. The molecule has 70 valence electrons. The smallest absolute Gasteiger partial charge is 0.338 e. The second-order valence-corrected chi connectivity index (χ2v) is 2.59. The van der Waals surface area contributed by atoms with Gasteiger partial charge in [0.1, 0.15) is 11.6 Å². The van der Waals surface area contributed by atoms with Gasteiger partial charge in [0.25, 0.3) is 0 Å². The summed E-state index contributed by atoms with van der Waals surface area (Å²) in [6.45, 7) is 1.42. The third kappa shape index (κ3) is 1.77. The first-order valence-corrected chi connectivity index (χ1v) is 3.63. The molecule has 0 spiro atoms. The third-order valence-electron chi connectivity index (χ3n) is 1.74. The van der Waals surface area contributed by atoms with Crippen LogP contribution in [-0.2, 0) is 4.74 Å². The Morgan fingerprint density at radius 1 is 1.54 bits per heavy atom. The zero-order valence-corrected chi connectivity index (χ0v) is 7.30. The van der Waals surface area contributed by atoms with Crippen LogP contribution < -0.4 is 0 Å². The van der Waals surface area contributed by atoms with Crippen molar-refractivity contribution in [2.24, 2.45) is 0 Å². The predicted molar refractivity (Wildman–Crippen MR) is 44.1 cm³/mol. The number of aromatic hydroxyl groups is 1. The van der Waals surface area contributed by atoms with E-state index < -0.39 is 11.8 Å². The van der Waals surface area contributed by atoms with Crippen LogP contribution in [0.25, 0.3) is 0 Å². The molecular weight excluding hydrogens is 175 g/mol. The molecule has 0 aliphatic carbocycles. The van der Waals surface area contributed by atoms with Gasteiger partial charge in [-0.05, 0) is 19.1 Å². The molecule has 4 heteroatoms. The average molecular weight is 184 g/mol. The van der Waals surface area contributed by atoms with E-state index in [9.17, 15) is 14.3 Å². The second-order valence-electron chi connectivity index (χ2n) is 2.59. The van der Waals surface area contributed by atoms with Crippen molar-refractivity contribution in [3.8, 4) is 5.75 Å². The summed E-state index contributed by atoms with van der Waals surface area (Å²) in [6.07, 6.45) is 0. The molecule has 0 heterocycles. The fourth-order valence-corrected chi connectivity index (χ4v) is 0.900. The minimum atomic E-state index is -0.672. The molecule has 0 aliphatic heterocycles. The van der Waals surface area contributed by atoms with Gasteiger partial charge in [-0.1, -0.05) is 0 Å². The molecule has 0 atom stereocenters. The van der Waals surface area contributed by atoms with E-state index in [-0.39, 0.29) is 16.9 Å². The Morgan fingerprint density at radius 3 is 2.62 bits per heavy atom. The molecule has 0 aromatic heterocycles. The van der Waals surface area contributed by atoms with E-state index in [1.54, 1.807) is 0 Å².